The molecule has 272 valence electrons. The van der Waals surface area contributed by atoms with Gasteiger partial charge in [0.2, 0.25) is 0 Å². The van der Waals surface area contributed by atoms with Crippen LogP contribution in [0.1, 0.15) is 118 Å². The fourth-order valence-corrected chi connectivity index (χ4v) is 8.65. The highest BCUT2D eigenvalue weighted by atomic mass is 15.0. The summed E-state index contributed by atoms with van der Waals surface area (Å²) in [4.78, 5) is 0. The Morgan fingerprint density at radius 1 is 0.380 bits per heavy atom. The van der Waals surface area contributed by atoms with Gasteiger partial charge in [0, 0.05) is 69.0 Å². The van der Waals surface area contributed by atoms with Crippen molar-refractivity contribution < 1.29 is 0 Å². The molecule has 50 heavy (non-hydrogen) atoms. The van der Waals surface area contributed by atoms with E-state index in [1.165, 1.54) is 111 Å². The summed E-state index contributed by atoms with van der Waals surface area (Å²) >= 11 is 0. The number of hydrogen-bond acceptors (Lipinski definition) is 6. The predicted octanol–water partition coefficient (Wildman–Crippen LogP) is 7.47. The standard InChI is InChI=1S/C44H66N6/c1-2-45-41-16-8-9-17-42(41)49-32-37-24-20-35(21-25-37)29-46-39-14-6-7-15-40(28-39)47-30-36-22-26-38(27-23-36)33-50-44-19-11-10-18-43(44)48-31-34-12-4-3-5-13-34/h3-5,12-13,20-27,39-50H,2,6-11,14-19,28-33H2,1H3. The van der Waals surface area contributed by atoms with E-state index in [4.69, 9.17) is 0 Å². The SMILES string of the molecule is CCNC1CCCCC1NCc1ccc(CNC2CCCCC(NCc3ccc(CNC4CCCCC4NCc4ccccc4)cc3)C2)cc1. The third kappa shape index (κ3) is 12.0. The molecule has 6 unspecified atom stereocenters. The van der Waals surface area contributed by atoms with E-state index in [1.54, 1.807) is 0 Å². The Labute approximate surface area is 303 Å². The van der Waals surface area contributed by atoms with Gasteiger partial charge >= 0.3 is 0 Å². The third-order valence-electron chi connectivity index (χ3n) is 11.7. The van der Waals surface area contributed by atoms with E-state index >= 15 is 0 Å². The topological polar surface area (TPSA) is 72.2 Å². The molecular formula is C44H66N6. The van der Waals surface area contributed by atoms with Crippen LogP contribution in [0.5, 0.6) is 0 Å². The van der Waals surface area contributed by atoms with Gasteiger partial charge in [0.15, 0.2) is 0 Å². The first-order chi connectivity index (χ1) is 24.7. The van der Waals surface area contributed by atoms with Crippen molar-refractivity contribution >= 4 is 0 Å². The van der Waals surface area contributed by atoms with Gasteiger partial charge < -0.3 is 31.9 Å². The second kappa shape index (κ2) is 20.5. The molecule has 6 heteroatoms. The molecule has 3 aromatic carbocycles. The molecule has 6 nitrogen and oxygen atoms in total. The monoisotopic (exact) mass is 679 g/mol. The molecule has 6 atom stereocenters. The predicted molar refractivity (Wildman–Crippen MR) is 210 cm³/mol. The van der Waals surface area contributed by atoms with Crippen LogP contribution in [-0.4, -0.2) is 42.8 Å². The van der Waals surface area contributed by atoms with Gasteiger partial charge in [-0.05, 0) is 79.3 Å². The number of likely N-dealkylation sites (N-methyl/N-ethyl adjacent to an activating group) is 1. The van der Waals surface area contributed by atoms with Crippen molar-refractivity contribution in [2.75, 3.05) is 6.54 Å². The Kier molecular flexibility index (Phi) is 15.2. The van der Waals surface area contributed by atoms with Gasteiger partial charge in [-0.1, -0.05) is 124 Å². The summed E-state index contributed by atoms with van der Waals surface area (Å²) in [6.45, 7) is 8.04. The second-order valence-corrected chi connectivity index (χ2v) is 15.5. The molecular weight excluding hydrogens is 613 g/mol. The Morgan fingerprint density at radius 3 is 1.08 bits per heavy atom. The quantitative estimate of drug-likeness (QED) is 0.0833. The van der Waals surface area contributed by atoms with Crippen LogP contribution >= 0.6 is 0 Å². The van der Waals surface area contributed by atoms with Crippen LogP contribution in [0.4, 0.5) is 0 Å². The van der Waals surface area contributed by atoms with Crippen LogP contribution in [0.25, 0.3) is 0 Å². The minimum Gasteiger partial charge on any atom is -0.313 e. The van der Waals surface area contributed by atoms with Gasteiger partial charge in [-0.15, -0.1) is 0 Å². The Morgan fingerprint density at radius 2 is 0.700 bits per heavy atom. The van der Waals surface area contributed by atoms with E-state index < -0.39 is 0 Å². The van der Waals surface area contributed by atoms with Crippen molar-refractivity contribution in [3.8, 4) is 0 Å². The highest BCUT2D eigenvalue weighted by Crippen LogP contribution is 2.22. The minimum atomic E-state index is 0.537. The molecule has 0 bridgehead atoms. The first-order valence-electron chi connectivity index (χ1n) is 20.3. The molecule has 6 rings (SSSR count). The van der Waals surface area contributed by atoms with Crippen molar-refractivity contribution in [2.45, 2.75) is 159 Å². The van der Waals surface area contributed by atoms with Crippen LogP contribution in [0.2, 0.25) is 0 Å². The first kappa shape index (κ1) is 37.2. The molecule has 0 heterocycles. The van der Waals surface area contributed by atoms with Crippen molar-refractivity contribution in [3.05, 3.63) is 107 Å². The smallest absolute Gasteiger partial charge is 0.0224 e. The maximum Gasteiger partial charge on any atom is 0.0224 e. The molecule has 3 fully saturated rings. The maximum atomic E-state index is 3.93. The summed E-state index contributed by atoms with van der Waals surface area (Å²) in [5.74, 6) is 0. The molecule has 0 aromatic heterocycles. The summed E-state index contributed by atoms with van der Waals surface area (Å²) in [6, 6.07) is 32.9. The van der Waals surface area contributed by atoms with E-state index in [0.29, 0.717) is 36.3 Å². The van der Waals surface area contributed by atoms with Crippen LogP contribution in [0.15, 0.2) is 78.9 Å². The maximum absolute atomic E-state index is 3.93. The largest absolute Gasteiger partial charge is 0.313 e. The molecule has 0 saturated heterocycles. The zero-order valence-electron chi connectivity index (χ0n) is 30.9. The fourth-order valence-electron chi connectivity index (χ4n) is 8.65. The zero-order chi connectivity index (χ0) is 34.2. The average Bonchev–Trinajstić information content (AvgIpc) is 3.41. The van der Waals surface area contributed by atoms with Crippen molar-refractivity contribution in [3.63, 3.8) is 0 Å². The second-order valence-electron chi connectivity index (χ2n) is 15.5. The highest BCUT2D eigenvalue weighted by Gasteiger charge is 2.25. The molecule has 0 spiro atoms. The lowest BCUT2D eigenvalue weighted by Gasteiger charge is -2.33. The number of hydrogen-bond donors (Lipinski definition) is 6. The number of nitrogens with one attached hydrogen (secondary N) is 6. The summed E-state index contributed by atoms with van der Waals surface area (Å²) < 4.78 is 0. The molecule has 3 saturated carbocycles. The van der Waals surface area contributed by atoms with Crippen LogP contribution < -0.4 is 31.9 Å². The average molecular weight is 679 g/mol. The Balaban J connectivity index is 0.892. The van der Waals surface area contributed by atoms with E-state index in [1.807, 2.05) is 0 Å². The van der Waals surface area contributed by atoms with Gasteiger partial charge in [-0.3, -0.25) is 0 Å². The third-order valence-corrected chi connectivity index (χ3v) is 11.7. The summed E-state index contributed by atoms with van der Waals surface area (Å²) in [5.41, 5.74) is 6.92. The Bertz CT molecular complexity index is 1340. The van der Waals surface area contributed by atoms with Crippen molar-refractivity contribution in [1.29, 1.82) is 0 Å². The fraction of sp³-hybridized carbons (Fsp3) is 0.591. The lowest BCUT2D eigenvalue weighted by atomic mass is 9.90. The van der Waals surface area contributed by atoms with E-state index in [-0.39, 0.29) is 0 Å². The summed E-state index contributed by atoms with van der Waals surface area (Å²) in [5, 5.41) is 23.1. The molecule has 0 radical (unpaired) electrons. The summed E-state index contributed by atoms with van der Waals surface area (Å²) in [6.07, 6.45) is 16.9. The Hall–Kier alpha value is -2.58. The van der Waals surface area contributed by atoms with Crippen LogP contribution in [0, 0.1) is 0 Å². The molecule has 6 N–H and O–H groups in total. The van der Waals surface area contributed by atoms with Gasteiger partial charge in [0.1, 0.15) is 0 Å². The zero-order valence-corrected chi connectivity index (χ0v) is 30.9. The normalized spacial score (nSPS) is 26.0. The molecule has 0 amide bonds. The minimum absolute atomic E-state index is 0.537. The number of benzene rings is 3. The van der Waals surface area contributed by atoms with E-state index in [0.717, 1.165) is 39.3 Å². The molecule has 3 aliphatic carbocycles. The van der Waals surface area contributed by atoms with Gasteiger partial charge in [0.05, 0.1) is 0 Å². The highest BCUT2D eigenvalue weighted by molar-refractivity contribution is 5.24. The van der Waals surface area contributed by atoms with Crippen molar-refractivity contribution in [1.82, 2.24) is 31.9 Å². The molecule has 3 aliphatic rings. The van der Waals surface area contributed by atoms with Gasteiger partial charge in [0.25, 0.3) is 0 Å². The van der Waals surface area contributed by atoms with Gasteiger partial charge in [-0.25, -0.2) is 0 Å². The van der Waals surface area contributed by atoms with Crippen LogP contribution in [0.3, 0.4) is 0 Å². The lowest BCUT2D eigenvalue weighted by molar-refractivity contribution is 0.281. The van der Waals surface area contributed by atoms with E-state index in [2.05, 4.69) is 118 Å². The molecule has 0 aliphatic heterocycles. The van der Waals surface area contributed by atoms with E-state index in [9.17, 15) is 0 Å². The van der Waals surface area contributed by atoms with Crippen molar-refractivity contribution in [2.24, 2.45) is 0 Å². The first-order valence-corrected chi connectivity index (χ1v) is 20.3. The summed E-state index contributed by atoms with van der Waals surface area (Å²) in [7, 11) is 0. The van der Waals surface area contributed by atoms with Crippen LogP contribution in [-0.2, 0) is 32.7 Å². The van der Waals surface area contributed by atoms with Gasteiger partial charge in [-0.2, -0.15) is 0 Å². The number of rotatable bonds is 17. The lowest BCUT2D eigenvalue weighted by Crippen LogP contribution is -2.49. The molecule has 3 aromatic rings.